The first-order valence-electron chi connectivity index (χ1n) is 9.53. The molecule has 0 saturated heterocycles. The van der Waals surface area contributed by atoms with Crippen LogP contribution in [-0.2, 0) is 32.1 Å². The molecule has 0 aliphatic carbocycles. The molecule has 0 heterocycles. The van der Waals surface area contributed by atoms with Gasteiger partial charge < -0.3 is 5.11 Å². The van der Waals surface area contributed by atoms with Crippen molar-refractivity contribution < 1.29 is 5.11 Å². The average Bonchev–Trinajstić information content (AvgIpc) is 2.54. The summed E-state index contributed by atoms with van der Waals surface area (Å²) in [5.74, 6) is 0.615. The van der Waals surface area contributed by atoms with Gasteiger partial charge in [0, 0.05) is 0 Å². The molecule has 1 rings (SSSR count). The maximum Gasteiger partial charge on any atom is 0.122 e. The van der Waals surface area contributed by atoms with E-state index in [4.69, 9.17) is 0 Å². The Bertz CT molecular complexity index is 460. The number of hydrogen-bond donors (Lipinski definition) is 1. The van der Waals surface area contributed by atoms with Crippen molar-refractivity contribution in [3.05, 3.63) is 27.8 Å². The van der Waals surface area contributed by atoms with Crippen molar-refractivity contribution in [3.63, 3.8) is 0 Å². The number of phenols is 1. The lowest BCUT2D eigenvalue weighted by atomic mass is 9.84. The van der Waals surface area contributed by atoms with Gasteiger partial charge in [0.15, 0.2) is 0 Å². The second-order valence-corrected chi connectivity index (χ2v) is 6.32. The first kappa shape index (κ1) is 19.1. The Hall–Kier alpha value is -0.980. The number of unbranched alkanes of at least 4 members (excludes halogenated alkanes) is 4. The molecular weight excluding hydrogens is 268 g/mol. The van der Waals surface area contributed by atoms with Gasteiger partial charge in [0.05, 0.1) is 0 Å². The van der Waals surface area contributed by atoms with Crippen molar-refractivity contribution in [1.29, 1.82) is 0 Å². The van der Waals surface area contributed by atoms with Crippen molar-refractivity contribution >= 4 is 0 Å². The summed E-state index contributed by atoms with van der Waals surface area (Å²) in [6.07, 6.45) is 11.6. The summed E-state index contributed by atoms with van der Waals surface area (Å²) in [4.78, 5) is 0. The fourth-order valence-corrected chi connectivity index (χ4v) is 3.85. The third-order valence-corrected chi connectivity index (χ3v) is 4.97. The Morgan fingerprint density at radius 2 is 1.00 bits per heavy atom. The van der Waals surface area contributed by atoms with Gasteiger partial charge >= 0.3 is 0 Å². The highest BCUT2D eigenvalue weighted by Crippen LogP contribution is 2.36. The van der Waals surface area contributed by atoms with Crippen LogP contribution in [0.4, 0.5) is 0 Å². The van der Waals surface area contributed by atoms with E-state index in [1.807, 2.05) is 0 Å². The van der Waals surface area contributed by atoms with E-state index in [0.29, 0.717) is 5.75 Å². The molecule has 0 fully saturated rings. The molecule has 0 bridgehead atoms. The molecule has 0 spiro atoms. The predicted molar refractivity (Wildman–Crippen MR) is 98.1 cm³/mol. The van der Waals surface area contributed by atoms with Crippen LogP contribution in [0, 0.1) is 0 Å². The Morgan fingerprint density at radius 3 is 1.50 bits per heavy atom. The molecule has 0 atom stereocenters. The van der Waals surface area contributed by atoms with E-state index >= 15 is 0 Å². The lowest BCUT2D eigenvalue weighted by Gasteiger charge is -2.22. The molecule has 0 radical (unpaired) electrons. The third-order valence-electron chi connectivity index (χ3n) is 4.97. The molecule has 0 amide bonds. The second-order valence-electron chi connectivity index (χ2n) is 6.32. The van der Waals surface area contributed by atoms with Crippen LogP contribution >= 0.6 is 0 Å². The normalized spacial score (nSPS) is 11.1. The summed E-state index contributed by atoms with van der Waals surface area (Å²) in [6.45, 7) is 11.1. The highest BCUT2D eigenvalue weighted by molar-refractivity contribution is 5.55. The Balaban J connectivity index is 3.13. The largest absolute Gasteiger partial charge is 0.507 e. The Morgan fingerprint density at radius 1 is 0.545 bits per heavy atom. The van der Waals surface area contributed by atoms with E-state index < -0.39 is 0 Å². The van der Waals surface area contributed by atoms with E-state index in [9.17, 15) is 5.11 Å². The molecule has 1 nitrogen and oxygen atoms in total. The summed E-state index contributed by atoms with van der Waals surface area (Å²) in [5, 5.41) is 10.8. The average molecular weight is 305 g/mol. The van der Waals surface area contributed by atoms with Crippen LogP contribution in [-0.4, -0.2) is 5.11 Å². The van der Waals surface area contributed by atoms with Crippen molar-refractivity contribution in [2.45, 2.75) is 98.8 Å². The summed E-state index contributed by atoms with van der Waals surface area (Å²) in [7, 11) is 0. The molecule has 1 N–H and O–H groups in total. The third kappa shape index (κ3) is 4.27. The van der Waals surface area contributed by atoms with Crippen molar-refractivity contribution in [2.75, 3.05) is 0 Å². The Kier molecular flexibility index (Phi) is 8.60. The van der Waals surface area contributed by atoms with Crippen molar-refractivity contribution in [1.82, 2.24) is 0 Å². The van der Waals surface area contributed by atoms with Gasteiger partial charge in [-0.05, 0) is 66.3 Å². The minimum atomic E-state index is 0.615. The first-order chi connectivity index (χ1) is 10.7. The molecular formula is C21H36O. The van der Waals surface area contributed by atoms with Crippen LogP contribution in [0.15, 0.2) is 0 Å². The van der Waals surface area contributed by atoms with Crippen LogP contribution in [0.1, 0.15) is 94.5 Å². The molecule has 126 valence electrons. The van der Waals surface area contributed by atoms with Gasteiger partial charge in [-0.2, -0.15) is 0 Å². The van der Waals surface area contributed by atoms with Crippen LogP contribution in [0.3, 0.4) is 0 Å². The fourth-order valence-electron chi connectivity index (χ4n) is 3.85. The van der Waals surface area contributed by atoms with E-state index in [0.717, 1.165) is 32.1 Å². The second kappa shape index (κ2) is 9.92. The Labute approximate surface area is 138 Å². The topological polar surface area (TPSA) is 20.2 Å². The van der Waals surface area contributed by atoms with Crippen molar-refractivity contribution in [3.8, 4) is 5.75 Å². The maximum absolute atomic E-state index is 10.8. The fraction of sp³-hybridized carbons (Fsp3) is 0.714. The smallest absolute Gasteiger partial charge is 0.122 e. The van der Waals surface area contributed by atoms with E-state index in [-0.39, 0.29) is 0 Å². The highest BCUT2D eigenvalue weighted by Gasteiger charge is 2.19. The standard InChI is InChI=1S/C21H36O/c1-6-11-12-13-14-15-20-18(9-4)16(7-2)17(8-3)19(10-5)21(20)22/h22H,6-15H2,1-5H3. The quantitative estimate of drug-likeness (QED) is 0.514. The zero-order valence-corrected chi connectivity index (χ0v) is 15.5. The summed E-state index contributed by atoms with van der Waals surface area (Å²) in [6, 6.07) is 0. The summed E-state index contributed by atoms with van der Waals surface area (Å²) in [5.41, 5.74) is 6.83. The molecule has 1 aromatic rings. The van der Waals surface area contributed by atoms with E-state index in [1.165, 1.54) is 59.9 Å². The minimum absolute atomic E-state index is 0.615. The lowest BCUT2D eigenvalue weighted by molar-refractivity contribution is 0.456. The molecule has 0 aliphatic rings. The molecule has 0 aromatic heterocycles. The molecule has 0 aliphatic heterocycles. The molecule has 1 heteroatoms. The van der Waals surface area contributed by atoms with Crippen LogP contribution < -0.4 is 0 Å². The van der Waals surface area contributed by atoms with Crippen LogP contribution in [0.25, 0.3) is 0 Å². The number of rotatable bonds is 10. The summed E-state index contributed by atoms with van der Waals surface area (Å²) < 4.78 is 0. The number of hydrogen-bond acceptors (Lipinski definition) is 1. The van der Waals surface area contributed by atoms with Gasteiger partial charge in [0.2, 0.25) is 0 Å². The zero-order valence-electron chi connectivity index (χ0n) is 15.5. The molecule has 0 unspecified atom stereocenters. The van der Waals surface area contributed by atoms with Gasteiger partial charge in [-0.3, -0.25) is 0 Å². The summed E-state index contributed by atoms with van der Waals surface area (Å²) >= 11 is 0. The van der Waals surface area contributed by atoms with E-state index in [1.54, 1.807) is 0 Å². The zero-order chi connectivity index (χ0) is 16.5. The van der Waals surface area contributed by atoms with Gasteiger partial charge in [-0.1, -0.05) is 60.3 Å². The van der Waals surface area contributed by atoms with E-state index in [2.05, 4.69) is 34.6 Å². The van der Waals surface area contributed by atoms with Crippen LogP contribution in [0.2, 0.25) is 0 Å². The SMILES string of the molecule is CCCCCCCc1c(O)c(CC)c(CC)c(CC)c1CC. The predicted octanol–water partition coefficient (Wildman–Crippen LogP) is 6.15. The van der Waals surface area contributed by atoms with Gasteiger partial charge in [0.25, 0.3) is 0 Å². The number of phenolic OH excluding ortho intramolecular Hbond substituents is 1. The van der Waals surface area contributed by atoms with Crippen LogP contribution in [0.5, 0.6) is 5.75 Å². The maximum atomic E-state index is 10.8. The van der Waals surface area contributed by atoms with Gasteiger partial charge in [0.1, 0.15) is 5.75 Å². The lowest BCUT2D eigenvalue weighted by Crippen LogP contribution is -2.08. The number of benzene rings is 1. The highest BCUT2D eigenvalue weighted by atomic mass is 16.3. The molecule has 22 heavy (non-hydrogen) atoms. The number of aromatic hydroxyl groups is 1. The van der Waals surface area contributed by atoms with Gasteiger partial charge in [-0.25, -0.2) is 0 Å². The minimum Gasteiger partial charge on any atom is -0.507 e. The first-order valence-corrected chi connectivity index (χ1v) is 9.53. The van der Waals surface area contributed by atoms with Gasteiger partial charge in [-0.15, -0.1) is 0 Å². The molecule has 0 saturated carbocycles. The molecule has 1 aromatic carbocycles. The van der Waals surface area contributed by atoms with Crippen molar-refractivity contribution in [2.24, 2.45) is 0 Å². The monoisotopic (exact) mass is 304 g/mol.